The van der Waals surface area contributed by atoms with E-state index in [4.69, 9.17) is 0 Å². The predicted molar refractivity (Wildman–Crippen MR) is 47.1 cm³/mol. The molecule has 2 heterocycles. The van der Waals surface area contributed by atoms with E-state index in [2.05, 4.69) is 15.5 Å². The van der Waals surface area contributed by atoms with Crippen molar-refractivity contribution in [1.29, 1.82) is 0 Å². The maximum atomic E-state index is 11.6. The van der Waals surface area contributed by atoms with E-state index in [9.17, 15) is 4.79 Å². The smallest absolute Gasteiger partial charge is 0.271 e. The van der Waals surface area contributed by atoms with Gasteiger partial charge >= 0.3 is 0 Å². The summed E-state index contributed by atoms with van der Waals surface area (Å²) in [6.07, 6.45) is 0. The minimum Gasteiger partial charge on any atom is -0.343 e. The number of aromatic amines is 1. The molecule has 5 heteroatoms. The van der Waals surface area contributed by atoms with Gasteiger partial charge in [0, 0.05) is 32.7 Å². The molecular formula is C8H12N4O. The van der Waals surface area contributed by atoms with Crippen molar-refractivity contribution in [2.45, 2.75) is 13.1 Å². The molecule has 0 bridgehead atoms. The third-order valence-electron chi connectivity index (χ3n) is 2.17. The Balaban J connectivity index is 2.36. The lowest BCUT2D eigenvalue weighted by atomic mass is 10.2. The maximum Gasteiger partial charge on any atom is 0.271 e. The Hall–Kier alpha value is -1.36. The van der Waals surface area contributed by atoms with E-state index in [0.29, 0.717) is 5.69 Å². The Labute approximate surface area is 76.1 Å². The van der Waals surface area contributed by atoms with Crippen LogP contribution in [-0.4, -0.2) is 35.1 Å². The molecule has 0 atom stereocenters. The summed E-state index contributed by atoms with van der Waals surface area (Å²) in [5.41, 5.74) is 2.59. The molecule has 1 aromatic rings. The summed E-state index contributed by atoms with van der Waals surface area (Å²) in [7, 11) is 3.47. The normalized spacial score (nSPS) is 14.3. The lowest BCUT2D eigenvalue weighted by molar-refractivity contribution is 0.0821. The number of hydrogen-bond donors (Lipinski definition) is 2. The van der Waals surface area contributed by atoms with Crippen molar-refractivity contribution >= 4 is 5.91 Å². The van der Waals surface area contributed by atoms with Gasteiger partial charge in [0.2, 0.25) is 0 Å². The molecule has 0 saturated heterocycles. The van der Waals surface area contributed by atoms with Crippen LogP contribution in [0.5, 0.6) is 0 Å². The minimum atomic E-state index is -0.0162. The van der Waals surface area contributed by atoms with E-state index in [-0.39, 0.29) is 5.91 Å². The van der Waals surface area contributed by atoms with Crippen LogP contribution in [0.2, 0.25) is 0 Å². The molecule has 2 rings (SSSR count). The van der Waals surface area contributed by atoms with Crippen LogP contribution < -0.4 is 5.32 Å². The fraction of sp³-hybridized carbons (Fsp3) is 0.500. The van der Waals surface area contributed by atoms with Crippen LogP contribution in [0.15, 0.2) is 0 Å². The fourth-order valence-corrected chi connectivity index (χ4v) is 1.45. The number of carbonyl (C=O) groups excluding carboxylic acids is 1. The molecule has 0 spiro atoms. The van der Waals surface area contributed by atoms with E-state index in [1.165, 1.54) is 0 Å². The molecule has 1 amide bonds. The molecule has 0 fully saturated rings. The van der Waals surface area contributed by atoms with Gasteiger partial charge in [-0.15, -0.1) is 0 Å². The highest BCUT2D eigenvalue weighted by Gasteiger charge is 2.23. The second-order valence-electron chi connectivity index (χ2n) is 3.33. The number of nitrogens with zero attached hydrogens (tertiary/aromatic N) is 2. The summed E-state index contributed by atoms with van der Waals surface area (Å²) >= 11 is 0. The van der Waals surface area contributed by atoms with Crippen LogP contribution in [0.1, 0.15) is 21.7 Å². The molecule has 0 radical (unpaired) electrons. The monoisotopic (exact) mass is 180 g/mol. The predicted octanol–water partition coefficient (Wildman–Crippen LogP) is -0.285. The third-order valence-corrected chi connectivity index (χ3v) is 2.17. The van der Waals surface area contributed by atoms with E-state index in [1.54, 1.807) is 19.0 Å². The summed E-state index contributed by atoms with van der Waals surface area (Å²) in [4.78, 5) is 13.1. The van der Waals surface area contributed by atoms with Crippen LogP contribution >= 0.6 is 0 Å². The van der Waals surface area contributed by atoms with Gasteiger partial charge < -0.3 is 10.2 Å². The van der Waals surface area contributed by atoms with Gasteiger partial charge in [-0.3, -0.25) is 9.89 Å². The van der Waals surface area contributed by atoms with Gasteiger partial charge in [0.05, 0.1) is 5.69 Å². The standard InChI is InChI=1S/C8H12N4O/c1-12(2)8(13)7-5-3-9-4-6(5)10-11-7/h9H,3-4H2,1-2H3,(H,10,11). The number of hydrogen-bond acceptors (Lipinski definition) is 3. The Morgan fingerprint density at radius 1 is 1.46 bits per heavy atom. The summed E-state index contributed by atoms with van der Waals surface area (Å²) in [5.74, 6) is -0.0162. The summed E-state index contributed by atoms with van der Waals surface area (Å²) < 4.78 is 0. The van der Waals surface area contributed by atoms with Gasteiger partial charge in [0.25, 0.3) is 5.91 Å². The van der Waals surface area contributed by atoms with Gasteiger partial charge in [-0.25, -0.2) is 0 Å². The molecule has 0 saturated carbocycles. The van der Waals surface area contributed by atoms with E-state index >= 15 is 0 Å². The number of amides is 1. The van der Waals surface area contributed by atoms with E-state index in [1.807, 2.05) is 0 Å². The molecule has 0 aromatic carbocycles. The number of carbonyl (C=O) groups is 1. The van der Waals surface area contributed by atoms with Crippen molar-refractivity contribution in [3.05, 3.63) is 17.0 Å². The maximum absolute atomic E-state index is 11.6. The first kappa shape index (κ1) is 8.25. The highest BCUT2D eigenvalue weighted by Crippen LogP contribution is 2.17. The first-order chi connectivity index (χ1) is 6.20. The molecule has 13 heavy (non-hydrogen) atoms. The second kappa shape index (κ2) is 2.85. The average Bonchev–Trinajstić information content (AvgIpc) is 2.61. The van der Waals surface area contributed by atoms with Crippen LogP contribution in [0.4, 0.5) is 0 Å². The largest absolute Gasteiger partial charge is 0.343 e. The first-order valence-electron chi connectivity index (χ1n) is 4.18. The summed E-state index contributed by atoms with van der Waals surface area (Å²) in [6, 6.07) is 0. The van der Waals surface area contributed by atoms with Crippen LogP contribution in [0, 0.1) is 0 Å². The zero-order valence-electron chi connectivity index (χ0n) is 7.72. The second-order valence-corrected chi connectivity index (χ2v) is 3.33. The van der Waals surface area contributed by atoms with Crippen molar-refractivity contribution < 1.29 is 4.79 Å². The Bertz CT molecular complexity index is 342. The van der Waals surface area contributed by atoms with Gasteiger partial charge in [-0.2, -0.15) is 5.10 Å². The molecule has 1 aliphatic rings. The van der Waals surface area contributed by atoms with Crippen LogP contribution in [0.25, 0.3) is 0 Å². The van der Waals surface area contributed by atoms with Crippen molar-refractivity contribution in [1.82, 2.24) is 20.4 Å². The quantitative estimate of drug-likeness (QED) is 0.624. The summed E-state index contributed by atoms with van der Waals surface area (Å²) in [5, 5.41) is 9.99. The van der Waals surface area contributed by atoms with Crippen LogP contribution in [0.3, 0.4) is 0 Å². The molecular weight excluding hydrogens is 168 g/mol. The Morgan fingerprint density at radius 2 is 2.23 bits per heavy atom. The highest BCUT2D eigenvalue weighted by molar-refractivity contribution is 5.93. The summed E-state index contributed by atoms with van der Waals surface area (Å²) in [6.45, 7) is 1.49. The number of rotatable bonds is 1. The van der Waals surface area contributed by atoms with Crippen molar-refractivity contribution in [2.24, 2.45) is 0 Å². The molecule has 70 valence electrons. The molecule has 2 N–H and O–H groups in total. The number of aromatic nitrogens is 2. The van der Waals surface area contributed by atoms with Crippen molar-refractivity contribution in [3.63, 3.8) is 0 Å². The highest BCUT2D eigenvalue weighted by atomic mass is 16.2. The third kappa shape index (κ3) is 1.21. The van der Waals surface area contributed by atoms with Gasteiger partial charge in [0.15, 0.2) is 0 Å². The average molecular weight is 180 g/mol. The Kier molecular flexibility index (Phi) is 1.81. The SMILES string of the molecule is CN(C)C(=O)c1[nH]nc2c1CNC2. The topological polar surface area (TPSA) is 61.0 Å². The van der Waals surface area contributed by atoms with Gasteiger partial charge in [0.1, 0.15) is 5.69 Å². The molecule has 5 nitrogen and oxygen atoms in total. The number of fused-ring (bicyclic) bond motifs is 1. The minimum absolute atomic E-state index is 0.0162. The van der Waals surface area contributed by atoms with E-state index < -0.39 is 0 Å². The van der Waals surface area contributed by atoms with Gasteiger partial charge in [-0.05, 0) is 0 Å². The van der Waals surface area contributed by atoms with Gasteiger partial charge in [-0.1, -0.05) is 0 Å². The molecule has 0 aliphatic carbocycles. The lowest BCUT2D eigenvalue weighted by Gasteiger charge is -2.08. The van der Waals surface area contributed by atoms with E-state index in [0.717, 1.165) is 24.3 Å². The Morgan fingerprint density at radius 3 is 2.92 bits per heavy atom. The zero-order valence-corrected chi connectivity index (χ0v) is 7.72. The molecule has 1 aliphatic heterocycles. The zero-order chi connectivity index (χ0) is 9.42. The fourth-order valence-electron chi connectivity index (χ4n) is 1.45. The molecule has 1 aromatic heterocycles. The van der Waals surface area contributed by atoms with Crippen LogP contribution in [-0.2, 0) is 13.1 Å². The van der Waals surface area contributed by atoms with Crippen molar-refractivity contribution in [2.75, 3.05) is 14.1 Å². The first-order valence-corrected chi connectivity index (χ1v) is 4.18. The van der Waals surface area contributed by atoms with Crippen molar-refractivity contribution in [3.8, 4) is 0 Å². The lowest BCUT2D eigenvalue weighted by Crippen LogP contribution is -2.23. The molecule has 0 unspecified atom stereocenters. The number of H-pyrrole nitrogens is 1. The number of nitrogens with one attached hydrogen (secondary N) is 2.